The van der Waals surface area contributed by atoms with E-state index in [0.29, 0.717) is 0 Å². The summed E-state index contributed by atoms with van der Waals surface area (Å²) in [6.07, 6.45) is 0.988. The van der Waals surface area contributed by atoms with Crippen LogP contribution in [0.1, 0.15) is 18.4 Å². The molecule has 1 atom stereocenters. The van der Waals surface area contributed by atoms with Crippen molar-refractivity contribution >= 4 is 27.8 Å². The quantitative estimate of drug-likeness (QED) is 0.477. The molecule has 3 aromatic rings. The number of rotatable bonds is 2. The molecule has 3 aromatic carbocycles. The van der Waals surface area contributed by atoms with E-state index in [-0.39, 0.29) is 5.92 Å². The molecule has 0 N–H and O–H groups in total. The average molecular weight is 234 g/mol. The van der Waals surface area contributed by atoms with E-state index in [1.807, 2.05) is 13.0 Å². The van der Waals surface area contributed by atoms with E-state index < -0.39 is 0 Å². The van der Waals surface area contributed by atoms with Crippen LogP contribution in [0.2, 0.25) is 0 Å². The van der Waals surface area contributed by atoms with Crippen LogP contribution in [0.15, 0.2) is 54.6 Å². The number of carbonyl (C=O) groups excluding carboxylic acids is 1. The second-order valence-electron chi connectivity index (χ2n) is 4.69. The summed E-state index contributed by atoms with van der Waals surface area (Å²) in [7, 11) is 0. The van der Waals surface area contributed by atoms with Gasteiger partial charge in [0.05, 0.1) is 0 Å². The summed E-state index contributed by atoms with van der Waals surface area (Å²) in [6.45, 7) is 1.93. The van der Waals surface area contributed by atoms with Crippen molar-refractivity contribution in [3.63, 3.8) is 0 Å². The molecule has 0 amide bonds. The van der Waals surface area contributed by atoms with Crippen LogP contribution < -0.4 is 0 Å². The van der Waals surface area contributed by atoms with Gasteiger partial charge in [-0.3, -0.25) is 0 Å². The molecule has 0 radical (unpaired) electrons. The highest BCUT2D eigenvalue weighted by atomic mass is 16.1. The van der Waals surface area contributed by atoms with E-state index in [9.17, 15) is 4.79 Å². The standard InChI is InChI=1S/C17H14O/c1-12(11-18)14-8-9-17-15(10-14)7-6-13-4-2-3-5-16(13)17/h2-12H,1H3. The molecule has 0 aliphatic carbocycles. The first-order chi connectivity index (χ1) is 8.79. The maximum atomic E-state index is 10.9. The molecule has 1 unspecified atom stereocenters. The SMILES string of the molecule is CC(C=O)c1ccc2c(ccc3ccccc32)c1. The summed E-state index contributed by atoms with van der Waals surface area (Å²) < 4.78 is 0. The van der Waals surface area contributed by atoms with Crippen molar-refractivity contribution in [3.05, 3.63) is 60.2 Å². The molecule has 0 spiro atoms. The molecule has 3 rings (SSSR count). The summed E-state index contributed by atoms with van der Waals surface area (Å²) in [6, 6.07) is 18.9. The predicted octanol–water partition coefficient (Wildman–Crippen LogP) is 4.30. The van der Waals surface area contributed by atoms with Crippen molar-refractivity contribution in [1.82, 2.24) is 0 Å². The smallest absolute Gasteiger partial charge is 0.127 e. The van der Waals surface area contributed by atoms with E-state index >= 15 is 0 Å². The minimum atomic E-state index is -0.0409. The number of hydrogen-bond acceptors (Lipinski definition) is 1. The second kappa shape index (κ2) is 4.26. The maximum Gasteiger partial charge on any atom is 0.127 e. The largest absolute Gasteiger partial charge is 0.303 e. The van der Waals surface area contributed by atoms with Gasteiger partial charge in [-0.2, -0.15) is 0 Å². The molecule has 0 bridgehead atoms. The van der Waals surface area contributed by atoms with E-state index in [4.69, 9.17) is 0 Å². The Balaban J connectivity index is 2.31. The van der Waals surface area contributed by atoms with Crippen LogP contribution in [0.4, 0.5) is 0 Å². The highest BCUT2D eigenvalue weighted by molar-refractivity contribution is 6.07. The Kier molecular flexibility index (Phi) is 2.60. The van der Waals surface area contributed by atoms with E-state index in [2.05, 4.69) is 48.5 Å². The molecule has 0 aromatic heterocycles. The number of aldehydes is 1. The fourth-order valence-corrected chi connectivity index (χ4v) is 2.39. The molecule has 0 saturated carbocycles. The van der Waals surface area contributed by atoms with Gasteiger partial charge < -0.3 is 4.79 Å². The minimum Gasteiger partial charge on any atom is -0.303 e. The first kappa shape index (κ1) is 11.0. The molecule has 0 fully saturated rings. The number of fused-ring (bicyclic) bond motifs is 3. The van der Waals surface area contributed by atoms with Gasteiger partial charge in [-0.1, -0.05) is 61.5 Å². The lowest BCUT2D eigenvalue weighted by atomic mass is 9.96. The highest BCUT2D eigenvalue weighted by Crippen LogP contribution is 2.27. The molecule has 0 saturated heterocycles. The van der Waals surface area contributed by atoms with Gasteiger partial charge in [-0.25, -0.2) is 0 Å². The average Bonchev–Trinajstić information content (AvgIpc) is 2.45. The van der Waals surface area contributed by atoms with Crippen LogP contribution in [0.5, 0.6) is 0 Å². The third kappa shape index (κ3) is 1.68. The van der Waals surface area contributed by atoms with Crippen LogP contribution in [0, 0.1) is 0 Å². The van der Waals surface area contributed by atoms with Crippen molar-refractivity contribution in [3.8, 4) is 0 Å². The van der Waals surface area contributed by atoms with Crippen molar-refractivity contribution in [1.29, 1.82) is 0 Å². The van der Waals surface area contributed by atoms with Gasteiger partial charge in [-0.15, -0.1) is 0 Å². The molecule has 18 heavy (non-hydrogen) atoms. The third-order valence-electron chi connectivity index (χ3n) is 3.50. The van der Waals surface area contributed by atoms with Gasteiger partial charge >= 0.3 is 0 Å². The Bertz CT molecular complexity index is 728. The maximum absolute atomic E-state index is 10.9. The Morgan fingerprint density at radius 2 is 1.61 bits per heavy atom. The van der Waals surface area contributed by atoms with E-state index in [1.165, 1.54) is 21.5 Å². The predicted molar refractivity (Wildman–Crippen MR) is 75.9 cm³/mol. The lowest BCUT2D eigenvalue weighted by molar-refractivity contribution is -0.108. The zero-order chi connectivity index (χ0) is 12.5. The van der Waals surface area contributed by atoms with Crippen LogP contribution in [0.3, 0.4) is 0 Å². The first-order valence-corrected chi connectivity index (χ1v) is 6.16. The highest BCUT2D eigenvalue weighted by Gasteiger charge is 2.06. The first-order valence-electron chi connectivity index (χ1n) is 6.16. The molecule has 1 heteroatoms. The normalized spacial score (nSPS) is 12.7. The Morgan fingerprint density at radius 3 is 2.44 bits per heavy atom. The van der Waals surface area contributed by atoms with Crippen molar-refractivity contribution in [2.75, 3.05) is 0 Å². The summed E-state index contributed by atoms with van der Waals surface area (Å²) >= 11 is 0. The minimum absolute atomic E-state index is 0.0409. The molecule has 0 heterocycles. The number of benzene rings is 3. The van der Waals surface area contributed by atoms with E-state index in [0.717, 1.165) is 11.8 Å². The molecule has 88 valence electrons. The zero-order valence-corrected chi connectivity index (χ0v) is 10.3. The Hall–Kier alpha value is -2.15. The van der Waals surface area contributed by atoms with Gasteiger partial charge in [0.25, 0.3) is 0 Å². The molecular weight excluding hydrogens is 220 g/mol. The van der Waals surface area contributed by atoms with Gasteiger partial charge in [0.1, 0.15) is 6.29 Å². The van der Waals surface area contributed by atoms with Crippen molar-refractivity contribution in [2.24, 2.45) is 0 Å². The molecule has 0 aliphatic rings. The lowest BCUT2D eigenvalue weighted by Crippen LogP contribution is -1.93. The van der Waals surface area contributed by atoms with Crippen LogP contribution in [0.25, 0.3) is 21.5 Å². The molecule has 1 nitrogen and oxygen atoms in total. The summed E-state index contributed by atoms with van der Waals surface area (Å²) in [5.41, 5.74) is 1.08. The third-order valence-corrected chi connectivity index (χ3v) is 3.50. The Morgan fingerprint density at radius 1 is 0.889 bits per heavy atom. The lowest BCUT2D eigenvalue weighted by Gasteiger charge is -2.08. The fourth-order valence-electron chi connectivity index (χ4n) is 2.39. The van der Waals surface area contributed by atoms with Gasteiger partial charge in [-0.05, 0) is 27.1 Å². The van der Waals surface area contributed by atoms with Crippen molar-refractivity contribution in [2.45, 2.75) is 12.8 Å². The monoisotopic (exact) mass is 234 g/mol. The Labute approximate surface area is 106 Å². The van der Waals surface area contributed by atoms with Crippen molar-refractivity contribution < 1.29 is 4.79 Å². The second-order valence-corrected chi connectivity index (χ2v) is 4.69. The molecular formula is C17H14O. The van der Waals surface area contributed by atoms with Crippen LogP contribution in [-0.4, -0.2) is 6.29 Å². The summed E-state index contributed by atoms with van der Waals surface area (Å²) in [4.78, 5) is 10.9. The number of carbonyl (C=O) groups is 1. The van der Waals surface area contributed by atoms with Gasteiger partial charge in [0, 0.05) is 5.92 Å². The fraction of sp³-hybridized carbons (Fsp3) is 0.118. The zero-order valence-electron chi connectivity index (χ0n) is 10.3. The number of hydrogen-bond donors (Lipinski definition) is 0. The summed E-state index contributed by atoms with van der Waals surface area (Å²) in [5.74, 6) is -0.0409. The van der Waals surface area contributed by atoms with Crippen LogP contribution in [-0.2, 0) is 4.79 Å². The topological polar surface area (TPSA) is 17.1 Å². The van der Waals surface area contributed by atoms with E-state index in [1.54, 1.807) is 0 Å². The molecule has 0 aliphatic heterocycles. The van der Waals surface area contributed by atoms with Gasteiger partial charge in [0.2, 0.25) is 0 Å². The van der Waals surface area contributed by atoms with Crippen LogP contribution >= 0.6 is 0 Å². The summed E-state index contributed by atoms with van der Waals surface area (Å²) in [5, 5.41) is 4.95. The van der Waals surface area contributed by atoms with Gasteiger partial charge in [0.15, 0.2) is 0 Å².